The topological polar surface area (TPSA) is 57.7 Å². The Morgan fingerprint density at radius 3 is 2.12 bits per heavy atom. The van der Waals surface area contributed by atoms with Gasteiger partial charge >= 0.3 is 0 Å². The van der Waals surface area contributed by atoms with Crippen molar-refractivity contribution in [2.24, 2.45) is 23.7 Å². The molecule has 1 saturated heterocycles. The molecule has 136 valence electrons. The van der Waals surface area contributed by atoms with Gasteiger partial charge < -0.3 is 4.90 Å². The second-order valence-corrected chi connectivity index (χ2v) is 7.42. The summed E-state index contributed by atoms with van der Waals surface area (Å²) in [6.45, 7) is 4.33. The lowest BCUT2D eigenvalue weighted by Gasteiger charge is -2.24. The lowest BCUT2D eigenvalue weighted by Crippen LogP contribution is -2.44. The van der Waals surface area contributed by atoms with Crippen LogP contribution in [0, 0.1) is 23.7 Å². The molecular formula is C21H24N2O3. The minimum Gasteiger partial charge on any atom is -0.311 e. The van der Waals surface area contributed by atoms with Crippen LogP contribution in [0.1, 0.15) is 25.8 Å². The molecule has 1 aliphatic heterocycles. The van der Waals surface area contributed by atoms with Gasteiger partial charge in [0.05, 0.1) is 11.8 Å². The highest BCUT2D eigenvalue weighted by Gasteiger charge is 2.59. The van der Waals surface area contributed by atoms with E-state index in [2.05, 4.69) is 19.1 Å². The minimum absolute atomic E-state index is 0.159. The van der Waals surface area contributed by atoms with Crippen molar-refractivity contribution in [2.45, 2.75) is 26.7 Å². The number of allylic oxidation sites excluding steroid dienone is 2. The fourth-order valence-electron chi connectivity index (χ4n) is 4.76. The van der Waals surface area contributed by atoms with E-state index in [0.29, 0.717) is 6.54 Å². The largest absolute Gasteiger partial charge is 0.311 e. The summed E-state index contributed by atoms with van der Waals surface area (Å²) in [5.41, 5.74) is 2.01. The number of hydrogen-bond donors (Lipinski definition) is 0. The van der Waals surface area contributed by atoms with Crippen molar-refractivity contribution in [3.8, 4) is 0 Å². The predicted octanol–water partition coefficient (Wildman–Crippen LogP) is 2.41. The van der Waals surface area contributed by atoms with Crippen LogP contribution in [0.3, 0.4) is 0 Å². The standard InChI is InChI=1S/C21H24N2O3/c1-3-13-5-9-16(10-6-13)22(4-2)17(24)12-23-20(25)18-14-7-8-15(11-14)19(18)21(23)26/h5-10,14-15,18-19H,3-4,11-12H2,1-2H3. The van der Waals surface area contributed by atoms with E-state index < -0.39 is 0 Å². The first-order valence-corrected chi connectivity index (χ1v) is 9.48. The summed E-state index contributed by atoms with van der Waals surface area (Å²) in [6, 6.07) is 7.86. The number of fused-ring (bicyclic) bond motifs is 5. The summed E-state index contributed by atoms with van der Waals surface area (Å²) in [4.78, 5) is 41.2. The fraction of sp³-hybridized carbons (Fsp3) is 0.476. The average Bonchev–Trinajstić information content (AvgIpc) is 3.33. The molecule has 2 fully saturated rings. The first kappa shape index (κ1) is 17.0. The van der Waals surface area contributed by atoms with Crippen LogP contribution in [-0.2, 0) is 20.8 Å². The highest BCUT2D eigenvalue weighted by Crippen LogP contribution is 2.52. The summed E-state index contributed by atoms with van der Waals surface area (Å²) < 4.78 is 0. The maximum atomic E-state index is 12.8. The van der Waals surface area contributed by atoms with Crippen molar-refractivity contribution < 1.29 is 14.4 Å². The molecule has 3 aliphatic rings. The summed E-state index contributed by atoms with van der Waals surface area (Å²) in [7, 11) is 0. The van der Waals surface area contributed by atoms with Gasteiger partial charge in [0.15, 0.2) is 0 Å². The zero-order valence-electron chi connectivity index (χ0n) is 15.2. The summed E-state index contributed by atoms with van der Waals surface area (Å²) in [5, 5.41) is 0. The quantitative estimate of drug-likeness (QED) is 0.604. The van der Waals surface area contributed by atoms with Crippen molar-refractivity contribution in [3.05, 3.63) is 42.0 Å². The molecule has 1 aromatic carbocycles. The van der Waals surface area contributed by atoms with E-state index >= 15 is 0 Å². The van der Waals surface area contributed by atoms with Gasteiger partial charge in [0.2, 0.25) is 17.7 Å². The van der Waals surface area contributed by atoms with Crippen LogP contribution < -0.4 is 4.90 Å². The Morgan fingerprint density at radius 1 is 1.04 bits per heavy atom. The second kappa shape index (κ2) is 6.38. The number of amides is 3. The number of hydrogen-bond acceptors (Lipinski definition) is 3. The fourth-order valence-corrected chi connectivity index (χ4v) is 4.76. The van der Waals surface area contributed by atoms with Crippen molar-refractivity contribution >= 4 is 23.4 Å². The first-order valence-electron chi connectivity index (χ1n) is 9.48. The molecule has 5 heteroatoms. The Hall–Kier alpha value is -2.43. The van der Waals surface area contributed by atoms with Gasteiger partial charge in [-0.25, -0.2) is 0 Å². The number of likely N-dealkylation sites (N-methyl/N-ethyl adjacent to an activating group) is 1. The molecule has 4 rings (SSSR count). The summed E-state index contributed by atoms with van der Waals surface area (Å²) >= 11 is 0. The van der Waals surface area contributed by atoms with Crippen LogP contribution in [0.25, 0.3) is 0 Å². The zero-order valence-corrected chi connectivity index (χ0v) is 15.2. The Morgan fingerprint density at radius 2 is 1.62 bits per heavy atom. The maximum Gasteiger partial charge on any atom is 0.247 e. The minimum atomic E-state index is -0.246. The van der Waals surface area contributed by atoms with Gasteiger partial charge in [-0.3, -0.25) is 19.3 Å². The second-order valence-electron chi connectivity index (χ2n) is 7.42. The molecule has 1 heterocycles. The highest BCUT2D eigenvalue weighted by molar-refractivity contribution is 6.10. The van der Waals surface area contributed by atoms with Gasteiger partial charge in [-0.15, -0.1) is 0 Å². The SMILES string of the molecule is CCc1ccc(N(CC)C(=O)CN2C(=O)C3C4C=CC(C4)C3C2=O)cc1. The molecule has 0 aromatic heterocycles. The van der Waals surface area contributed by atoms with E-state index in [-0.39, 0.29) is 47.9 Å². The van der Waals surface area contributed by atoms with Crippen LogP contribution in [0.2, 0.25) is 0 Å². The zero-order chi connectivity index (χ0) is 18.4. The Bertz CT molecular complexity index is 753. The van der Waals surface area contributed by atoms with E-state index in [1.807, 2.05) is 31.2 Å². The Balaban J connectivity index is 1.50. The molecular weight excluding hydrogens is 328 g/mol. The summed E-state index contributed by atoms with van der Waals surface area (Å²) in [5.74, 6) is -0.687. The van der Waals surface area contributed by atoms with Crippen molar-refractivity contribution in [1.29, 1.82) is 0 Å². The average molecular weight is 352 g/mol. The third-order valence-corrected chi connectivity index (χ3v) is 6.13. The van der Waals surface area contributed by atoms with Gasteiger partial charge in [0.25, 0.3) is 0 Å². The van der Waals surface area contributed by atoms with Gasteiger partial charge in [-0.1, -0.05) is 31.2 Å². The monoisotopic (exact) mass is 352 g/mol. The smallest absolute Gasteiger partial charge is 0.247 e. The van der Waals surface area contributed by atoms with E-state index in [0.717, 1.165) is 18.5 Å². The molecule has 0 spiro atoms. The van der Waals surface area contributed by atoms with Gasteiger partial charge in [0, 0.05) is 12.2 Å². The molecule has 3 amide bonds. The number of carbonyl (C=O) groups excluding carboxylic acids is 3. The summed E-state index contributed by atoms with van der Waals surface area (Å²) in [6.07, 6.45) is 5.97. The third kappa shape index (κ3) is 2.49. The number of aryl methyl sites for hydroxylation is 1. The van der Waals surface area contributed by atoms with Gasteiger partial charge in [0.1, 0.15) is 6.54 Å². The maximum absolute atomic E-state index is 12.8. The Kier molecular flexibility index (Phi) is 4.17. The van der Waals surface area contributed by atoms with Crippen molar-refractivity contribution in [1.82, 2.24) is 4.90 Å². The number of nitrogens with zero attached hydrogens (tertiary/aromatic N) is 2. The van der Waals surface area contributed by atoms with E-state index in [9.17, 15) is 14.4 Å². The number of benzene rings is 1. The molecule has 5 nitrogen and oxygen atoms in total. The van der Waals surface area contributed by atoms with Gasteiger partial charge in [-0.2, -0.15) is 0 Å². The molecule has 0 N–H and O–H groups in total. The lowest BCUT2D eigenvalue weighted by atomic mass is 9.85. The Labute approximate surface area is 153 Å². The van der Waals surface area contributed by atoms with Crippen LogP contribution in [-0.4, -0.2) is 35.7 Å². The molecule has 0 radical (unpaired) electrons. The predicted molar refractivity (Wildman–Crippen MR) is 98.3 cm³/mol. The van der Waals surface area contributed by atoms with Crippen LogP contribution in [0.4, 0.5) is 5.69 Å². The van der Waals surface area contributed by atoms with Crippen molar-refractivity contribution in [3.63, 3.8) is 0 Å². The molecule has 1 saturated carbocycles. The highest BCUT2D eigenvalue weighted by atomic mass is 16.2. The molecule has 4 atom stereocenters. The third-order valence-electron chi connectivity index (χ3n) is 6.13. The van der Waals surface area contributed by atoms with Crippen LogP contribution >= 0.6 is 0 Å². The number of rotatable bonds is 5. The molecule has 2 aliphatic carbocycles. The normalized spacial score (nSPS) is 28.8. The number of carbonyl (C=O) groups is 3. The van der Waals surface area contributed by atoms with E-state index in [1.165, 1.54) is 10.5 Å². The van der Waals surface area contributed by atoms with Gasteiger partial charge in [-0.05, 0) is 49.3 Å². The number of imide groups is 1. The molecule has 4 unspecified atom stereocenters. The molecule has 2 bridgehead atoms. The number of likely N-dealkylation sites (tertiary alicyclic amines) is 1. The lowest BCUT2D eigenvalue weighted by molar-refractivity contribution is -0.143. The first-order chi connectivity index (χ1) is 12.5. The van der Waals surface area contributed by atoms with E-state index in [1.54, 1.807) is 4.90 Å². The van der Waals surface area contributed by atoms with E-state index in [4.69, 9.17) is 0 Å². The molecule has 1 aromatic rings. The number of anilines is 1. The van der Waals surface area contributed by atoms with Crippen LogP contribution in [0.5, 0.6) is 0 Å². The van der Waals surface area contributed by atoms with Crippen LogP contribution in [0.15, 0.2) is 36.4 Å². The molecule has 26 heavy (non-hydrogen) atoms. The van der Waals surface area contributed by atoms with Crippen molar-refractivity contribution in [2.75, 3.05) is 18.0 Å².